The summed E-state index contributed by atoms with van der Waals surface area (Å²) in [4.78, 5) is 24.2. The first kappa shape index (κ1) is 18.7. The Morgan fingerprint density at radius 2 is 0.929 bits per heavy atom. The molecule has 138 valence electrons. The van der Waals surface area contributed by atoms with Gasteiger partial charge in [0.2, 0.25) is 0 Å². The van der Waals surface area contributed by atoms with Crippen molar-refractivity contribution < 1.29 is 9.59 Å². The molecule has 3 aromatic carbocycles. The van der Waals surface area contributed by atoms with Crippen LogP contribution in [0.4, 0.5) is 0 Å². The second-order valence-corrected chi connectivity index (χ2v) is 5.80. The highest BCUT2D eigenvalue weighted by atomic mass is 16.2. The minimum absolute atomic E-state index is 0.360. The Bertz CT molecular complexity index is 900. The Kier molecular flexibility index (Phi) is 6.41. The molecule has 0 saturated heterocycles. The van der Waals surface area contributed by atoms with Crippen molar-refractivity contribution in [2.24, 2.45) is 10.2 Å². The topological polar surface area (TPSA) is 82.9 Å². The van der Waals surface area contributed by atoms with Crippen LogP contribution in [0.5, 0.6) is 0 Å². The van der Waals surface area contributed by atoms with Crippen LogP contribution in [0.1, 0.15) is 31.8 Å². The van der Waals surface area contributed by atoms with E-state index < -0.39 is 0 Å². The lowest BCUT2D eigenvalue weighted by Gasteiger charge is -2.03. The van der Waals surface area contributed by atoms with Gasteiger partial charge in [0.15, 0.2) is 0 Å². The molecule has 6 heteroatoms. The van der Waals surface area contributed by atoms with Crippen LogP contribution in [0.25, 0.3) is 0 Å². The third kappa shape index (κ3) is 5.47. The zero-order chi connectivity index (χ0) is 19.6. The maximum Gasteiger partial charge on any atom is 0.271 e. The van der Waals surface area contributed by atoms with Gasteiger partial charge in [0.1, 0.15) is 0 Å². The largest absolute Gasteiger partial charge is 0.271 e. The highest BCUT2D eigenvalue weighted by Crippen LogP contribution is 2.05. The maximum atomic E-state index is 12.1. The molecule has 0 spiro atoms. The van der Waals surface area contributed by atoms with Crippen molar-refractivity contribution in [3.05, 3.63) is 107 Å². The van der Waals surface area contributed by atoms with Crippen LogP contribution in [0.3, 0.4) is 0 Å². The lowest BCUT2D eigenvalue weighted by Crippen LogP contribution is -2.19. The Labute approximate surface area is 162 Å². The summed E-state index contributed by atoms with van der Waals surface area (Å²) in [6.45, 7) is 0. The molecule has 3 aromatic rings. The summed E-state index contributed by atoms with van der Waals surface area (Å²) in [6.07, 6.45) is 3.12. The van der Waals surface area contributed by atoms with Crippen LogP contribution >= 0.6 is 0 Å². The van der Waals surface area contributed by atoms with Gasteiger partial charge in [-0.1, -0.05) is 60.7 Å². The summed E-state index contributed by atoms with van der Waals surface area (Å²) < 4.78 is 0. The first-order valence-electron chi connectivity index (χ1n) is 8.59. The molecule has 2 N–H and O–H groups in total. The number of hydrogen-bond donors (Lipinski definition) is 2. The first-order valence-corrected chi connectivity index (χ1v) is 8.59. The van der Waals surface area contributed by atoms with Crippen LogP contribution < -0.4 is 10.9 Å². The predicted octanol–water partition coefficient (Wildman–Crippen LogP) is 3.21. The predicted molar refractivity (Wildman–Crippen MR) is 109 cm³/mol. The molecule has 0 heterocycles. The van der Waals surface area contributed by atoms with Crippen LogP contribution in [-0.4, -0.2) is 24.2 Å². The molecule has 0 aromatic heterocycles. The van der Waals surface area contributed by atoms with Crippen molar-refractivity contribution in [1.29, 1.82) is 0 Å². The highest BCUT2D eigenvalue weighted by molar-refractivity contribution is 5.98. The van der Waals surface area contributed by atoms with Gasteiger partial charge in [0, 0.05) is 11.1 Å². The van der Waals surface area contributed by atoms with E-state index in [-0.39, 0.29) is 11.8 Å². The van der Waals surface area contributed by atoms with E-state index in [2.05, 4.69) is 21.1 Å². The molecule has 2 amide bonds. The molecular formula is C22H18N4O2. The van der Waals surface area contributed by atoms with E-state index in [0.29, 0.717) is 11.1 Å². The van der Waals surface area contributed by atoms with Gasteiger partial charge in [-0.2, -0.15) is 10.2 Å². The van der Waals surface area contributed by atoms with Crippen LogP contribution in [0.2, 0.25) is 0 Å². The number of carbonyl (C=O) groups excluding carboxylic acids is 2. The van der Waals surface area contributed by atoms with Gasteiger partial charge in [-0.05, 0) is 35.4 Å². The summed E-state index contributed by atoms with van der Waals surface area (Å²) >= 11 is 0. The van der Waals surface area contributed by atoms with E-state index in [9.17, 15) is 9.59 Å². The average Bonchev–Trinajstić information content (AvgIpc) is 2.75. The summed E-state index contributed by atoms with van der Waals surface area (Å²) in [5, 5.41) is 7.84. The van der Waals surface area contributed by atoms with Gasteiger partial charge in [-0.3, -0.25) is 9.59 Å². The zero-order valence-corrected chi connectivity index (χ0v) is 14.9. The second kappa shape index (κ2) is 9.59. The number of carbonyl (C=O) groups is 2. The SMILES string of the molecule is O=C(NN=Cc1ccccc1)c1ccc(C(=O)NN=Cc2ccccc2)cc1. The van der Waals surface area contributed by atoms with E-state index in [1.165, 1.54) is 0 Å². The number of nitrogens with zero attached hydrogens (tertiary/aromatic N) is 2. The fourth-order valence-corrected chi connectivity index (χ4v) is 2.31. The third-order valence-electron chi connectivity index (χ3n) is 3.77. The number of rotatable bonds is 6. The van der Waals surface area contributed by atoms with Gasteiger partial charge in [-0.25, -0.2) is 10.9 Å². The lowest BCUT2D eigenvalue weighted by molar-refractivity contribution is 0.0943. The van der Waals surface area contributed by atoms with E-state index in [0.717, 1.165) is 11.1 Å². The molecule has 0 aliphatic carbocycles. The Hall–Kier alpha value is -4.06. The van der Waals surface area contributed by atoms with Crippen molar-refractivity contribution in [1.82, 2.24) is 10.9 Å². The van der Waals surface area contributed by atoms with E-state index in [4.69, 9.17) is 0 Å². The van der Waals surface area contributed by atoms with Gasteiger partial charge in [0.05, 0.1) is 12.4 Å². The lowest BCUT2D eigenvalue weighted by atomic mass is 10.1. The van der Waals surface area contributed by atoms with Gasteiger partial charge in [0.25, 0.3) is 11.8 Å². The van der Waals surface area contributed by atoms with Crippen molar-refractivity contribution in [3.63, 3.8) is 0 Å². The average molecular weight is 370 g/mol. The highest BCUT2D eigenvalue weighted by Gasteiger charge is 2.07. The molecule has 0 fully saturated rings. The number of benzene rings is 3. The van der Waals surface area contributed by atoms with E-state index in [1.807, 2.05) is 60.7 Å². The van der Waals surface area contributed by atoms with Crippen LogP contribution in [0.15, 0.2) is 95.1 Å². The number of hydrogen-bond acceptors (Lipinski definition) is 4. The van der Waals surface area contributed by atoms with Crippen molar-refractivity contribution in [2.45, 2.75) is 0 Å². The Morgan fingerprint density at radius 3 is 1.29 bits per heavy atom. The van der Waals surface area contributed by atoms with Crippen molar-refractivity contribution in [3.8, 4) is 0 Å². The molecule has 6 nitrogen and oxygen atoms in total. The molecule has 3 rings (SSSR count). The van der Waals surface area contributed by atoms with Gasteiger partial charge in [-0.15, -0.1) is 0 Å². The summed E-state index contributed by atoms with van der Waals surface area (Å²) in [5.74, 6) is -0.720. The fourth-order valence-electron chi connectivity index (χ4n) is 2.31. The zero-order valence-electron chi connectivity index (χ0n) is 14.9. The van der Waals surface area contributed by atoms with Gasteiger partial charge >= 0.3 is 0 Å². The summed E-state index contributed by atoms with van der Waals surface area (Å²) in [6, 6.07) is 25.1. The Balaban J connectivity index is 1.53. The van der Waals surface area contributed by atoms with Gasteiger partial charge < -0.3 is 0 Å². The normalized spacial score (nSPS) is 10.9. The summed E-state index contributed by atoms with van der Waals surface area (Å²) in [5.41, 5.74) is 7.47. The number of amides is 2. The van der Waals surface area contributed by atoms with E-state index >= 15 is 0 Å². The third-order valence-corrected chi connectivity index (χ3v) is 3.77. The molecule has 0 bridgehead atoms. The molecule has 0 saturated carbocycles. The van der Waals surface area contributed by atoms with Crippen molar-refractivity contribution >= 4 is 24.2 Å². The maximum absolute atomic E-state index is 12.1. The standard InChI is InChI=1S/C22H18N4O2/c27-21(25-23-15-17-7-3-1-4-8-17)19-11-13-20(14-12-19)22(28)26-24-16-18-9-5-2-6-10-18/h1-16H,(H,25,27)(H,26,28). The van der Waals surface area contributed by atoms with E-state index in [1.54, 1.807) is 36.7 Å². The molecule has 0 atom stereocenters. The molecular weight excluding hydrogens is 352 g/mol. The second-order valence-electron chi connectivity index (χ2n) is 5.80. The van der Waals surface area contributed by atoms with Crippen molar-refractivity contribution in [2.75, 3.05) is 0 Å². The minimum Gasteiger partial charge on any atom is -0.267 e. The number of nitrogens with one attached hydrogen (secondary N) is 2. The molecule has 0 radical (unpaired) electrons. The quantitative estimate of drug-likeness (QED) is 0.516. The van der Waals surface area contributed by atoms with Crippen LogP contribution in [-0.2, 0) is 0 Å². The molecule has 28 heavy (non-hydrogen) atoms. The smallest absolute Gasteiger partial charge is 0.267 e. The van der Waals surface area contributed by atoms with Crippen LogP contribution in [0, 0.1) is 0 Å². The summed E-state index contributed by atoms with van der Waals surface area (Å²) in [7, 11) is 0. The monoisotopic (exact) mass is 370 g/mol. The Morgan fingerprint density at radius 1 is 0.571 bits per heavy atom. The molecule has 0 aliphatic heterocycles. The number of hydrazone groups is 2. The molecule has 0 aliphatic rings. The molecule has 0 unspecified atom stereocenters. The minimum atomic E-state index is -0.360. The first-order chi connectivity index (χ1) is 13.7. The fraction of sp³-hybridized carbons (Fsp3) is 0.